The topological polar surface area (TPSA) is 69.6 Å². The van der Waals surface area contributed by atoms with Crippen molar-refractivity contribution in [1.29, 1.82) is 0 Å². The van der Waals surface area contributed by atoms with Gasteiger partial charge < -0.3 is 15.3 Å². The molecule has 2 atom stereocenters. The third kappa shape index (κ3) is 2.73. The first-order valence-corrected chi connectivity index (χ1v) is 7.97. The van der Waals surface area contributed by atoms with Crippen molar-refractivity contribution in [2.45, 2.75) is 51.2 Å². The standard InChI is InChI=1S/C17H22N2O3/c1-11-5-4-7-14-12(11)9-10-19(14)17(22)16(21)18-13-6-2-3-8-15(13)20/h4-5,7,13,15,20H,2-3,6,8-10H2,1H3,(H,18,21). The fraction of sp³-hybridized carbons (Fsp3) is 0.529. The fourth-order valence-electron chi connectivity index (χ4n) is 3.45. The molecule has 1 aliphatic carbocycles. The number of aliphatic hydroxyl groups excluding tert-OH is 1. The van der Waals surface area contributed by atoms with Gasteiger partial charge in [-0.1, -0.05) is 25.0 Å². The number of rotatable bonds is 1. The molecule has 2 amide bonds. The van der Waals surface area contributed by atoms with Crippen LogP contribution in [0.3, 0.4) is 0 Å². The maximum atomic E-state index is 12.4. The first-order valence-electron chi connectivity index (χ1n) is 7.97. The Morgan fingerprint density at radius 1 is 1.27 bits per heavy atom. The Labute approximate surface area is 130 Å². The van der Waals surface area contributed by atoms with Crippen molar-refractivity contribution in [2.75, 3.05) is 11.4 Å². The van der Waals surface area contributed by atoms with Gasteiger partial charge in [0.1, 0.15) is 0 Å². The van der Waals surface area contributed by atoms with Crippen LogP contribution in [-0.2, 0) is 16.0 Å². The molecule has 2 unspecified atom stereocenters. The van der Waals surface area contributed by atoms with E-state index in [-0.39, 0.29) is 6.04 Å². The number of nitrogens with one attached hydrogen (secondary N) is 1. The maximum Gasteiger partial charge on any atom is 0.316 e. The summed E-state index contributed by atoms with van der Waals surface area (Å²) in [6.45, 7) is 2.56. The first-order chi connectivity index (χ1) is 10.6. The van der Waals surface area contributed by atoms with Crippen LogP contribution in [0.2, 0.25) is 0 Å². The van der Waals surface area contributed by atoms with Crippen molar-refractivity contribution < 1.29 is 14.7 Å². The van der Waals surface area contributed by atoms with E-state index >= 15 is 0 Å². The number of fused-ring (bicyclic) bond motifs is 1. The van der Waals surface area contributed by atoms with E-state index in [0.29, 0.717) is 13.0 Å². The minimum absolute atomic E-state index is 0.301. The lowest BCUT2D eigenvalue weighted by atomic mass is 9.92. The van der Waals surface area contributed by atoms with Crippen LogP contribution in [0.15, 0.2) is 18.2 Å². The van der Waals surface area contributed by atoms with E-state index in [1.54, 1.807) is 4.90 Å². The van der Waals surface area contributed by atoms with E-state index in [4.69, 9.17) is 0 Å². The highest BCUT2D eigenvalue weighted by Crippen LogP contribution is 2.30. The van der Waals surface area contributed by atoms with E-state index < -0.39 is 17.9 Å². The van der Waals surface area contributed by atoms with E-state index in [2.05, 4.69) is 5.32 Å². The monoisotopic (exact) mass is 302 g/mol. The average Bonchev–Trinajstić information content (AvgIpc) is 2.94. The molecule has 22 heavy (non-hydrogen) atoms. The third-order valence-corrected chi connectivity index (χ3v) is 4.75. The van der Waals surface area contributed by atoms with E-state index in [0.717, 1.165) is 42.5 Å². The molecule has 0 spiro atoms. The summed E-state index contributed by atoms with van der Waals surface area (Å²) in [4.78, 5) is 26.2. The molecule has 0 bridgehead atoms. The molecule has 0 saturated heterocycles. The number of amides is 2. The summed E-state index contributed by atoms with van der Waals surface area (Å²) >= 11 is 0. The molecule has 1 aromatic carbocycles. The van der Waals surface area contributed by atoms with Gasteiger partial charge in [0, 0.05) is 12.2 Å². The zero-order valence-electron chi connectivity index (χ0n) is 12.8. The number of hydrogen-bond acceptors (Lipinski definition) is 3. The zero-order valence-corrected chi connectivity index (χ0v) is 12.8. The molecule has 1 fully saturated rings. The maximum absolute atomic E-state index is 12.4. The molecule has 1 heterocycles. The quantitative estimate of drug-likeness (QED) is 0.768. The van der Waals surface area contributed by atoms with Gasteiger partial charge in [0.25, 0.3) is 0 Å². The molecular formula is C17H22N2O3. The Hall–Kier alpha value is -1.88. The van der Waals surface area contributed by atoms with Gasteiger partial charge in [-0.15, -0.1) is 0 Å². The number of hydrogen-bond donors (Lipinski definition) is 2. The molecule has 118 valence electrons. The predicted octanol–water partition coefficient (Wildman–Crippen LogP) is 1.30. The lowest BCUT2D eigenvalue weighted by molar-refractivity contribution is -0.138. The molecular weight excluding hydrogens is 280 g/mol. The first kappa shape index (κ1) is 15.0. The van der Waals surface area contributed by atoms with Crippen molar-refractivity contribution in [3.8, 4) is 0 Å². The molecule has 2 aliphatic rings. The van der Waals surface area contributed by atoms with Crippen molar-refractivity contribution in [3.05, 3.63) is 29.3 Å². The molecule has 0 aromatic heterocycles. The highest BCUT2D eigenvalue weighted by atomic mass is 16.3. The Morgan fingerprint density at radius 3 is 2.82 bits per heavy atom. The largest absolute Gasteiger partial charge is 0.391 e. The Morgan fingerprint density at radius 2 is 2.05 bits per heavy atom. The summed E-state index contributed by atoms with van der Waals surface area (Å²) in [5.74, 6) is -1.14. The normalized spacial score (nSPS) is 24.0. The van der Waals surface area contributed by atoms with Crippen LogP contribution < -0.4 is 10.2 Å². The number of aryl methyl sites for hydroxylation is 1. The van der Waals surface area contributed by atoms with Crippen LogP contribution >= 0.6 is 0 Å². The minimum atomic E-state index is -0.611. The number of anilines is 1. The molecule has 5 nitrogen and oxygen atoms in total. The van der Waals surface area contributed by atoms with Crippen molar-refractivity contribution in [3.63, 3.8) is 0 Å². The van der Waals surface area contributed by atoms with Gasteiger partial charge >= 0.3 is 11.8 Å². The van der Waals surface area contributed by atoms with Gasteiger partial charge in [-0.25, -0.2) is 0 Å². The van der Waals surface area contributed by atoms with E-state index in [1.807, 2.05) is 25.1 Å². The van der Waals surface area contributed by atoms with Crippen molar-refractivity contribution in [2.24, 2.45) is 0 Å². The summed E-state index contributed by atoms with van der Waals surface area (Å²) in [5.41, 5.74) is 3.13. The Kier molecular flexibility index (Phi) is 4.16. The highest BCUT2D eigenvalue weighted by Gasteiger charge is 2.32. The second-order valence-corrected chi connectivity index (χ2v) is 6.21. The highest BCUT2D eigenvalue weighted by molar-refractivity contribution is 6.40. The van der Waals surface area contributed by atoms with Gasteiger partial charge in [-0.3, -0.25) is 9.59 Å². The number of nitrogens with zero attached hydrogens (tertiary/aromatic N) is 1. The number of aliphatic hydroxyl groups is 1. The molecule has 5 heteroatoms. The van der Waals surface area contributed by atoms with Gasteiger partial charge in [-0.05, 0) is 43.4 Å². The predicted molar refractivity (Wildman–Crippen MR) is 83.6 cm³/mol. The van der Waals surface area contributed by atoms with Crippen molar-refractivity contribution in [1.82, 2.24) is 5.32 Å². The van der Waals surface area contributed by atoms with Gasteiger partial charge in [0.05, 0.1) is 12.1 Å². The van der Waals surface area contributed by atoms with Crippen LogP contribution in [0.4, 0.5) is 5.69 Å². The SMILES string of the molecule is Cc1cccc2c1CCN2C(=O)C(=O)NC1CCCCC1O. The van der Waals surface area contributed by atoms with E-state index in [9.17, 15) is 14.7 Å². The molecule has 3 rings (SSSR count). The third-order valence-electron chi connectivity index (χ3n) is 4.75. The second-order valence-electron chi connectivity index (χ2n) is 6.21. The average molecular weight is 302 g/mol. The lowest BCUT2D eigenvalue weighted by Crippen LogP contribution is -2.51. The van der Waals surface area contributed by atoms with Gasteiger partial charge in [0.2, 0.25) is 0 Å². The summed E-state index contributed by atoms with van der Waals surface area (Å²) in [7, 11) is 0. The van der Waals surface area contributed by atoms with Crippen LogP contribution in [0.5, 0.6) is 0 Å². The Bertz CT molecular complexity index is 600. The fourth-order valence-corrected chi connectivity index (χ4v) is 3.45. The number of benzene rings is 1. The summed E-state index contributed by atoms with van der Waals surface area (Å²) in [6, 6.07) is 5.51. The van der Waals surface area contributed by atoms with Crippen LogP contribution in [0.25, 0.3) is 0 Å². The van der Waals surface area contributed by atoms with Crippen molar-refractivity contribution >= 4 is 17.5 Å². The van der Waals surface area contributed by atoms with Crippen LogP contribution in [0, 0.1) is 6.92 Å². The number of carbonyl (C=O) groups is 2. The minimum Gasteiger partial charge on any atom is -0.391 e. The molecule has 0 radical (unpaired) electrons. The van der Waals surface area contributed by atoms with Crippen LogP contribution in [0.1, 0.15) is 36.8 Å². The zero-order chi connectivity index (χ0) is 15.7. The smallest absolute Gasteiger partial charge is 0.316 e. The lowest BCUT2D eigenvalue weighted by Gasteiger charge is -2.28. The van der Waals surface area contributed by atoms with Gasteiger partial charge in [0.15, 0.2) is 0 Å². The second kappa shape index (κ2) is 6.08. The molecule has 1 aliphatic heterocycles. The van der Waals surface area contributed by atoms with Gasteiger partial charge in [-0.2, -0.15) is 0 Å². The van der Waals surface area contributed by atoms with E-state index in [1.165, 1.54) is 0 Å². The molecule has 1 aromatic rings. The molecule has 2 N–H and O–H groups in total. The Balaban J connectivity index is 1.70. The summed E-state index contributed by atoms with van der Waals surface area (Å²) in [6.07, 6.45) is 3.61. The summed E-state index contributed by atoms with van der Waals surface area (Å²) in [5, 5.41) is 12.6. The van der Waals surface area contributed by atoms with Crippen LogP contribution in [-0.4, -0.2) is 35.6 Å². The summed E-state index contributed by atoms with van der Waals surface area (Å²) < 4.78 is 0. The molecule has 1 saturated carbocycles. The number of carbonyl (C=O) groups excluding carboxylic acids is 2.